The normalized spacial score (nSPS) is 12.9. The summed E-state index contributed by atoms with van der Waals surface area (Å²) < 4.78 is 39.6. The molecular formula is C31H34N2O7S. The summed E-state index contributed by atoms with van der Waals surface area (Å²) in [7, 11) is -3.99. The molecule has 0 unspecified atom stereocenters. The molecule has 1 atom stereocenters. The van der Waals surface area contributed by atoms with Gasteiger partial charge in [-0.15, -0.1) is 0 Å². The van der Waals surface area contributed by atoms with E-state index in [1.165, 1.54) is 18.2 Å². The number of hydrogen-bond acceptors (Lipinski definition) is 7. The van der Waals surface area contributed by atoms with Gasteiger partial charge in [-0.1, -0.05) is 44.2 Å². The van der Waals surface area contributed by atoms with E-state index in [9.17, 15) is 23.1 Å². The first-order valence-electron chi connectivity index (χ1n) is 13.1. The van der Waals surface area contributed by atoms with Gasteiger partial charge in [0.1, 0.15) is 23.0 Å². The summed E-state index contributed by atoms with van der Waals surface area (Å²) in [4.78, 5) is 25.5. The highest BCUT2D eigenvalue weighted by atomic mass is 32.2. The van der Waals surface area contributed by atoms with Crippen LogP contribution in [0, 0.1) is 12.8 Å². The number of phenolic OH excluding ortho intramolecular Hbond substituents is 1. The Morgan fingerprint density at radius 2 is 1.51 bits per heavy atom. The zero-order valence-electron chi connectivity index (χ0n) is 23.8. The molecule has 1 amide bonds. The second-order valence-corrected chi connectivity index (χ2v) is 12.9. The number of esters is 1. The van der Waals surface area contributed by atoms with Gasteiger partial charge in [0, 0.05) is 11.3 Å². The van der Waals surface area contributed by atoms with Gasteiger partial charge in [0.2, 0.25) is 10.0 Å². The molecule has 0 aliphatic carbocycles. The van der Waals surface area contributed by atoms with Crippen molar-refractivity contribution in [1.29, 1.82) is 0 Å². The maximum Gasteiger partial charge on any atom is 0.324 e. The number of rotatable bonds is 8. The van der Waals surface area contributed by atoms with Gasteiger partial charge in [-0.2, -0.15) is 4.72 Å². The molecule has 10 heteroatoms. The molecule has 0 aliphatic heterocycles. The van der Waals surface area contributed by atoms with Gasteiger partial charge in [-0.3, -0.25) is 9.59 Å². The number of hydrogen-bond donors (Lipinski definition) is 3. The van der Waals surface area contributed by atoms with Crippen LogP contribution in [0.4, 0.5) is 5.69 Å². The molecule has 1 heterocycles. The van der Waals surface area contributed by atoms with Gasteiger partial charge < -0.3 is 19.6 Å². The van der Waals surface area contributed by atoms with Gasteiger partial charge in [0.15, 0.2) is 5.76 Å². The Hall–Kier alpha value is -4.15. The van der Waals surface area contributed by atoms with Gasteiger partial charge in [0.05, 0.1) is 10.3 Å². The summed E-state index contributed by atoms with van der Waals surface area (Å²) >= 11 is 0. The van der Waals surface area contributed by atoms with Crippen molar-refractivity contribution in [3.8, 4) is 16.9 Å². The molecule has 3 N–H and O–H groups in total. The van der Waals surface area contributed by atoms with Crippen molar-refractivity contribution < 1.29 is 32.3 Å². The second-order valence-electron chi connectivity index (χ2n) is 11.1. The zero-order chi connectivity index (χ0) is 30.1. The molecule has 4 rings (SSSR count). The smallest absolute Gasteiger partial charge is 0.324 e. The minimum atomic E-state index is -3.99. The van der Waals surface area contributed by atoms with E-state index in [4.69, 9.17) is 9.15 Å². The monoisotopic (exact) mass is 578 g/mol. The lowest BCUT2D eigenvalue weighted by Gasteiger charge is -2.26. The predicted molar refractivity (Wildman–Crippen MR) is 157 cm³/mol. The number of anilines is 1. The van der Waals surface area contributed by atoms with Crippen LogP contribution < -0.4 is 10.0 Å². The number of carbonyl (C=O) groups is 2. The largest absolute Gasteiger partial charge is 0.507 e. The van der Waals surface area contributed by atoms with Crippen molar-refractivity contribution in [2.24, 2.45) is 5.92 Å². The molecule has 9 nitrogen and oxygen atoms in total. The molecule has 0 saturated carbocycles. The van der Waals surface area contributed by atoms with Crippen LogP contribution in [-0.4, -0.2) is 37.0 Å². The number of sulfonamides is 1. The van der Waals surface area contributed by atoms with E-state index in [2.05, 4.69) is 10.0 Å². The third-order valence-electron chi connectivity index (χ3n) is 6.39. The van der Waals surface area contributed by atoms with E-state index in [0.29, 0.717) is 22.2 Å². The third-order valence-corrected chi connectivity index (χ3v) is 7.85. The molecule has 4 aromatic rings. The summed E-state index contributed by atoms with van der Waals surface area (Å²) in [5, 5.41) is 13.4. The van der Waals surface area contributed by atoms with Crippen molar-refractivity contribution in [2.45, 2.75) is 58.1 Å². The molecule has 0 spiro atoms. The Bertz CT molecular complexity index is 1680. The average molecular weight is 579 g/mol. The SMILES string of the molecule is Cc1c(C(=O)Nc2ccc(-c3ccc(S(=O)(=O)N[C@H](C(=O)OC(C)(C)C)C(C)C)cc3)cc2)oc2cccc(O)c12. The fourth-order valence-corrected chi connectivity index (χ4v) is 5.65. The number of aryl methyl sites for hydroxylation is 1. The highest BCUT2D eigenvalue weighted by Crippen LogP contribution is 2.33. The van der Waals surface area contributed by atoms with Crippen molar-refractivity contribution in [1.82, 2.24) is 4.72 Å². The number of fused-ring (bicyclic) bond motifs is 1. The first-order valence-corrected chi connectivity index (χ1v) is 14.6. The fraction of sp³-hybridized carbons (Fsp3) is 0.290. The second kappa shape index (κ2) is 11.4. The summed E-state index contributed by atoms with van der Waals surface area (Å²) in [6, 6.07) is 17.2. The van der Waals surface area contributed by atoms with Crippen molar-refractivity contribution >= 4 is 38.6 Å². The van der Waals surface area contributed by atoms with Gasteiger partial charge in [-0.25, -0.2) is 8.42 Å². The molecule has 0 aliphatic rings. The van der Waals surface area contributed by atoms with Gasteiger partial charge in [-0.05, 0) is 81.1 Å². The first-order chi connectivity index (χ1) is 19.2. The Labute approximate surface area is 239 Å². The number of nitrogens with one attached hydrogen (secondary N) is 2. The van der Waals surface area contributed by atoms with E-state index in [1.54, 1.807) is 90.1 Å². The molecule has 41 heavy (non-hydrogen) atoms. The van der Waals surface area contributed by atoms with E-state index >= 15 is 0 Å². The number of furan rings is 1. The van der Waals surface area contributed by atoms with Gasteiger partial charge in [0.25, 0.3) is 5.91 Å². The highest BCUT2D eigenvalue weighted by Gasteiger charge is 2.32. The quantitative estimate of drug-likeness (QED) is 0.218. The van der Waals surface area contributed by atoms with Crippen LogP contribution in [-0.2, 0) is 19.6 Å². The summed E-state index contributed by atoms with van der Waals surface area (Å²) in [5.41, 5.74) is 2.33. The Kier molecular flexibility index (Phi) is 8.28. The van der Waals surface area contributed by atoms with E-state index in [-0.39, 0.29) is 22.3 Å². The molecule has 0 fully saturated rings. The maximum absolute atomic E-state index is 13.0. The number of amides is 1. The van der Waals surface area contributed by atoms with Crippen LogP contribution in [0.5, 0.6) is 5.75 Å². The predicted octanol–water partition coefficient (Wildman–Crippen LogP) is 6.01. The molecule has 0 bridgehead atoms. The van der Waals surface area contributed by atoms with Crippen molar-refractivity contribution in [3.05, 3.63) is 78.1 Å². The van der Waals surface area contributed by atoms with Crippen molar-refractivity contribution in [3.63, 3.8) is 0 Å². The average Bonchev–Trinajstić information content (AvgIpc) is 3.24. The Balaban J connectivity index is 1.46. The summed E-state index contributed by atoms with van der Waals surface area (Å²) in [5.74, 6) is -1.24. The van der Waals surface area contributed by atoms with Crippen LogP contribution in [0.1, 0.15) is 50.7 Å². The maximum atomic E-state index is 13.0. The van der Waals surface area contributed by atoms with Crippen LogP contribution >= 0.6 is 0 Å². The molecule has 1 aromatic heterocycles. The Morgan fingerprint density at radius 1 is 0.927 bits per heavy atom. The fourth-order valence-electron chi connectivity index (χ4n) is 4.32. The third kappa shape index (κ3) is 6.78. The lowest BCUT2D eigenvalue weighted by atomic mass is 10.1. The van der Waals surface area contributed by atoms with Crippen LogP contribution in [0.3, 0.4) is 0 Å². The summed E-state index contributed by atoms with van der Waals surface area (Å²) in [6.07, 6.45) is 0. The lowest BCUT2D eigenvalue weighted by molar-refractivity contribution is -0.158. The number of ether oxygens (including phenoxy) is 1. The molecular weight excluding hydrogens is 544 g/mol. The lowest BCUT2D eigenvalue weighted by Crippen LogP contribution is -2.47. The first kappa shape index (κ1) is 29.8. The number of benzene rings is 3. The Morgan fingerprint density at radius 3 is 2.05 bits per heavy atom. The zero-order valence-corrected chi connectivity index (χ0v) is 24.6. The van der Waals surface area contributed by atoms with E-state index < -0.39 is 33.5 Å². The molecule has 216 valence electrons. The topological polar surface area (TPSA) is 135 Å². The molecule has 3 aromatic carbocycles. The van der Waals surface area contributed by atoms with Crippen LogP contribution in [0.15, 0.2) is 76.0 Å². The standard InChI is InChI=1S/C31H34N2O7S/c1-18(2)27(30(36)40-31(4,5)6)33-41(37,38)23-16-12-21(13-17-23)20-10-14-22(15-11-20)32-29(35)28-19(3)26-24(34)8-7-9-25(26)39-28/h7-18,27,33-34H,1-6H3,(H,32,35)/t27-/m0/s1. The number of carbonyl (C=O) groups excluding carboxylic acids is 2. The van der Waals surface area contributed by atoms with Crippen LogP contribution in [0.25, 0.3) is 22.1 Å². The minimum absolute atomic E-state index is 0.0200. The van der Waals surface area contributed by atoms with Crippen molar-refractivity contribution in [2.75, 3.05) is 5.32 Å². The van der Waals surface area contributed by atoms with E-state index in [0.717, 1.165) is 11.1 Å². The molecule has 0 radical (unpaired) electrons. The number of phenols is 1. The van der Waals surface area contributed by atoms with Crippen LogP contribution in [0.2, 0.25) is 0 Å². The minimum Gasteiger partial charge on any atom is -0.507 e. The molecule has 0 saturated heterocycles. The number of aromatic hydroxyl groups is 1. The highest BCUT2D eigenvalue weighted by molar-refractivity contribution is 7.89. The summed E-state index contributed by atoms with van der Waals surface area (Å²) in [6.45, 7) is 10.4. The van der Waals surface area contributed by atoms with E-state index in [1.807, 2.05) is 0 Å². The van der Waals surface area contributed by atoms with Gasteiger partial charge >= 0.3 is 5.97 Å².